The van der Waals surface area contributed by atoms with Gasteiger partial charge in [-0.1, -0.05) is 18.2 Å². The summed E-state index contributed by atoms with van der Waals surface area (Å²) in [7, 11) is 1.87. The summed E-state index contributed by atoms with van der Waals surface area (Å²) in [4.78, 5) is 12.7. The maximum absolute atomic E-state index is 12.7. The van der Waals surface area contributed by atoms with E-state index in [-0.39, 0.29) is 18.1 Å². The fraction of sp³-hybridized carbons (Fsp3) is 0.333. The third kappa shape index (κ3) is 2.69. The molecule has 0 aliphatic carbocycles. The SMILES string of the molecule is Cn1cc([C@H]2OCCC[C@@H]2NC(=O)c2coc3ccccc23)cn1. The van der Waals surface area contributed by atoms with Crippen LogP contribution >= 0.6 is 0 Å². The smallest absolute Gasteiger partial charge is 0.255 e. The Morgan fingerprint density at radius 3 is 3.08 bits per heavy atom. The summed E-state index contributed by atoms with van der Waals surface area (Å²) in [5, 5.41) is 8.14. The zero-order valence-electron chi connectivity index (χ0n) is 13.4. The summed E-state index contributed by atoms with van der Waals surface area (Å²) in [6, 6.07) is 7.46. The van der Waals surface area contributed by atoms with Gasteiger partial charge in [-0.3, -0.25) is 9.48 Å². The third-order valence-electron chi connectivity index (χ3n) is 4.42. The number of carbonyl (C=O) groups excluding carboxylic acids is 1. The Morgan fingerprint density at radius 1 is 1.38 bits per heavy atom. The predicted octanol–water partition coefficient (Wildman–Crippen LogP) is 2.82. The van der Waals surface area contributed by atoms with Gasteiger partial charge in [-0.25, -0.2) is 0 Å². The molecule has 1 aliphatic heterocycles. The number of aryl methyl sites for hydroxylation is 1. The van der Waals surface area contributed by atoms with Crippen LogP contribution in [-0.2, 0) is 11.8 Å². The number of carbonyl (C=O) groups is 1. The lowest BCUT2D eigenvalue weighted by atomic mass is 9.97. The van der Waals surface area contributed by atoms with Gasteiger partial charge in [-0.05, 0) is 18.9 Å². The van der Waals surface area contributed by atoms with Crippen LogP contribution in [0.3, 0.4) is 0 Å². The maximum atomic E-state index is 12.7. The number of hydrogen-bond acceptors (Lipinski definition) is 4. The van der Waals surface area contributed by atoms with Crippen LogP contribution in [0, 0.1) is 0 Å². The number of aromatic nitrogens is 2. The monoisotopic (exact) mass is 325 g/mol. The number of para-hydroxylation sites is 1. The largest absolute Gasteiger partial charge is 0.463 e. The minimum absolute atomic E-state index is 0.0795. The molecule has 3 heterocycles. The van der Waals surface area contributed by atoms with E-state index in [4.69, 9.17) is 9.15 Å². The quantitative estimate of drug-likeness (QED) is 0.804. The van der Waals surface area contributed by atoms with Crippen molar-refractivity contribution in [3.05, 3.63) is 54.0 Å². The predicted molar refractivity (Wildman–Crippen MR) is 88.6 cm³/mol. The van der Waals surface area contributed by atoms with Crippen molar-refractivity contribution in [3.8, 4) is 0 Å². The molecule has 1 aromatic carbocycles. The zero-order chi connectivity index (χ0) is 16.5. The first-order valence-corrected chi connectivity index (χ1v) is 8.09. The summed E-state index contributed by atoms with van der Waals surface area (Å²) in [5.74, 6) is -0.135. The van der Waals surface area contributed by atoms with E-state index >= 15 is 0 Å². The molecule has 2 atom stereocenters. The van der Waals surface area contributed by atoms with E-state index in [1.807, 2.05) is 37.5 Å². The minimum atomic E-state index is -0.172. The van der Waals surface area contributed by atoms with E-state index in [1.165, 1.54) is 6.26 Å². The Bertz CT molecular complexity index is 867. The molecular formula is C18H19N3O3. The van der Waals surface area contributed by atoms with Crippen molar-refractivity contribution in [2.75, 3.05) is 6.61 Å². The third-order valence-corrected chi connectivity index (χ3v) is 4.42. The molecule has 24 heavy (non-hydrogen) atoms. The second-order valence-electron chi connectivity index (χ2n) is 6.11. The number of furan rings is 1. The molecule has 1 N–H and O–H groups in total. The fourth-order valence-electron chi connectivity index (χ4n) is 3.24. The van der Waals surface area contributed by atoms with Crippen LogP contribution in [0.25, 0.3) is 11.0 Å². The van der Waals surface area contributed by atoms with E-state index in [0.29, 0.717) is 17.8 Å². The Morgan fingerprint density at radius 2 is 2.25 bits per heavy atom. The standard InChI is InChI=1S/C18H19N3O3/c1-21-10-12(9-19-21)17-15(6-4-8-23-17)20-18(22)14-11-24-16-7-3-2-5-13(14)16/h2-3,5,7,9-11,15,17H,4,6,8H2,1H3,(H,20,22)/t15-,17+/m0/s1. The Labute approximate surface area is 139 Å². The second kappa shape index (κ2) is 6.13. The average Bonchev–Trinajstić information content (AvgIpc) is 3.21. The van der Waals surface area contributed by atoms with Crippen LogP contribution in [0.4, 0.5) is 0 Å². The summed E-state index contributed by atoms with van der Waals surface area (Å²) in [6.45, 7) is 0.695. The highest BCUT2D eigenvalue weighted by molar-refractivity contribution is 6.06. The van der Waals surface area contributed by atoms with Gasteiger partial charge in [0.2, 0.25) is 0 Å². The van der Waals surface area contributed by atoms with E-state index in [2.05, 4.69) is 10.4 Å². The number of benzene rings is 1. The molecule has 124 valence electrons. The first-order valence-electron chi connectivity index (χ1n) is 8.09. The first-order chi connectivity index (χ1) is 11.7. The number of nitrogens with zero attached hydrogens (tertiary/aromatic N) is 2. The van der Waals surface area contributed by atoms with Crippen LogP contribution in [0.1, 0.15) is 34.9 Å². The summed E-state index contributed by atoms with van der Waals surface area (Å²) < 4.78 is 13.1. The number of rotatable bonds is 3. The molecule has 1 saturated heterocycles. The summed E-state index contributed by atoms with van der Waals surface area (Å²) in [6.07, 6.45) is 6.87. The fourth-order valence-corrected chi connectivity index (χ4v) is 3.24. The van der Waals surface area contributed by atoms with Crippen molar-refractivity contribution < 1.29 is 13.9 Å². The highest BCUT2D eigenvalue weighted by Crippen LogP contribution is 2.29. The average molecular weight is 325 g/mol. The lowest BCUT2D eigenvalue weighted by molar-refractivity contribution is -0.00948. The number of fused-ring (bicyclic) bond motifs is 1. The van der Waals surface area contributed by atoms with Gasteiger partial charge in [-0.15, -0.1) is 0 Å². The maximum Gasteiger partial charge on any atom is 0.255 e. The highest BCUT2D eigenvalue weighted by atomic mass is 16.5. The molecule has 6 heteroatoms. The number of hydrogen-bond donors (Lipinski definition) is 1. The van der Waals surface area contributed by atoms with Gasteiger partial charge in [0, 0.05) is 30.8 Å². The Hall–Kier alpha value is -2.60. The minimum Gasteiger partial charge on any atom is -0.463 e. The normalized spacial score (nSPS) is 21.0. The number of amides is 1. The molecule has 6 nitrogen and oxygen atoms in total. The van der Waals surface area contributed by atoms with Gasteiger partial charge in [0.05, 0.1) is 17.8 Å². The van der Waals surface area contributed by atoms with E-state index in [9.17, 15) is 4.79 Å². The molecular weight excluding hydrogens is 306 g/mol. The first kappa shape index (κ1) is 15.0. The van der Waals surface area contributed by atoms with Gasteiger partial charge in [0.25, 0.3) is 5.91 Å². The molecule has 0 radical (unpaired) electrons. The van der Waals surface area contributed by atoms with E-state index in [0.717, 1.165) is 23.8 Å². The van der Waals surface area contributed by atoms with Gasteiger partial charge in [0.1, 0.15) is 18.0 Å². The van der Waals surface area contributed by atoms with Crippen molar-refractivity contribution in [1.82, 2.24) is 15.1 Å². The van der Waals surface area contributed by atoms with Crippen LogP contribution in [0.5, 0.6) is 0 Å². The number of ether oxygens (including phenoxy) is 1. The van der Waals surface area contributed by atoms with Crippen molar-refractivity contribution in [2.45, 2.75) is 25.0 Å². The number of nitrogens with one attached hydrogen (secondary N) is 1. The molecule has 1 aliphatic rings. The van der Waals surface area contributed by atoms with E-state index in [1.54, 1.807) is 10.9 Å². The molecule has 0 spiro atoms. The van der Waals surface area contributed by atoms with Crippen molar-refractivity contribution in [3.63, 3.8) is 0 Å². The summed E-state index contributed by atoms with van der Waals surface area (Å²) >= 11 is 0. The molecule has 2 aromatic heterocycles. The van der Waals surface area contributed by atoms with E-state index < -0.39 is 0 Å². The molecule has 1 amide bonds. The Balaban J connectivity index is 1.57. The van der Waals surface area contributed by atoms with Gasteiger partial charge in [0.15, 0.2) is 0 Å². The van der Waals surface area contributed by atoms with Crippen molar-refractivity contribution in [2.24, 2.45) is 7.05 Å². The molecule has 0 saturated carbocycles. The topological polar surface area (TPSA) is 69.3 Å². The van der Waals surface area contributed by atoms with Crippen LogP contribution in [0.15, 0.2) is 47.3 Å². The second-order valence-corrected chi connectivity index (χ2v) is 6.11. The lowest BCUT2D eigenvalue weighted by Gasteiger charge is -2.31. The highest BCUT2D eigenvalue weighted by Gasteiger charge is 2.30. The molecule has 0 unspecified atom stereocenters. The lowest BCUT2D eigenvalue weighted by Crippen LogP contribution is -2.42. The van der Waals surface area contributed by atoms with Gasteiger partial charge < -0.3 is 14.5 Å². The molecule has 1 fully saturated rings. The van der Waals surface area contributed by atoms with Gasteiger partial charge >= 0.3 is 0 Å². The van der Waals surface area contributed by atoms with Crippen molar-refractivity contribution in [1.29, 1.82) is 0 Å². The summed E-state index contributed by atoms with van der Waals surface area (Å²) in [5.41, 5.74) is 2.26. The van der Waals surface area contributed by atoms with Crippen molar-refractivity contribution >= 4 is 16.9 Å². The van der Waals surface area contributed by atoms with Crippen LogP contribution < -0.4 is 5.32 Å². The van der Waals surface area contributed by atoms with Gasteiger partial charge in [-0.2, -0.15) is 5.10 Å². The van der Waals surface area contributed by atoms with Crippen LogP contribution in [-0.4, -0.2) is 28.3 Å². The zero-order valence-corrected chi connectivity index (χ0v) is 13.4. The molecule has 4 rings (SSSR count). The Kier molecular flexibility index (Phi) is 3.82. The molecule has 3 aromatic rings. The molecule has 0 bridgehead atoms. The van der Waals surface area contributed by atoms with Crippen LogP contribution in [0.2, 0.25) is 0 Å².